The second-order valence-electron chi connectivity index (χ2n) is 4.83. The third-order valence-corrected chi connectivity index (χ3v) is 4.30. The number of alkyl halides is 6. The Labute approximate surface area is 138 Å². The number of benzene rings is 2. The number of hydrogen-bond acceptors (Lipinski definition) is 3. The summed E-state index contributed by atoms with van der Waals surface area (Å²) in [7, 11) is -4.21. The van der Waals surface area contributed by atoms with Crippen molar-refractivity contribution in [3.63, 3.8) is 0 Å². The lowest BCUT2D eigenvalue weighted by Crippen LogP contribution is -2.29. The average Bonchev–Trinajstić information content (AvgIpc) is 2.52. The Morgan fingerprint density at radius 2 is 1.08 bits per heavy atom. The molecular weight excluding hydrogens is 374 g/mol. The number of rotatable bonds is 4. The number of nitrogens with one attached hydrogen (secondary N) is 2. The van der Waals surface area contributed by atoms with Crippen LogP contribution in [0.1, 0.15) is 11.1 Å². The molecule has 0 atom stereocenters. The molecule has 0 spiro atoms. The molecule has 0 amide bonds. The first-order chi connectivity index (χ1) is 11.4. The summed E-state index contributed by atoms with van der Waals surface area (Å²) in [5.74, 6) is 0. The summed E-state index contributed by atoms with van der Waals surface area (Å²) in [6, 6.07) is 6.22. The first kappa shape index (κ1) is 19.1. The van der Waals surface area contributed by atoms with E-state index in [1.165, 1.54) is 0 Å². The molecule has 0 radical (unpaired) electrons. The zero-order valence-electron chi connectivity index (χ0n) is 12.1. The first-order valence-corrected chi connectivity index (χ1v) is 8.00. The Bertz CT molecular complexity index is 828. The highest BCUT2D eigenvalue weighted by Crippen LogP contribution is 2.30. The van der Waals surface area contributed by atoms with Gasteiger partial charge in [-0.25, -0.2) is 8.42 Å². The molecule has 2 aromatic carbocycles. The Kier molecular flexibility index (Phi) is 5.00. The molecule has 0 fully saturated rings. The molecule has 0 saturated carbocycles. The van der Waals surface area contributed by atoms with Gasteiger partial charge in [0, 0.05) is 5.69 Å². The van der Waals surface area contributed by atoms with Crippen LogP contribution in [0.3, 0.4) is 0 Å². The summed E-state index contributed by atoms with van der Waals surface area (Å²) in [6.07, 6.45) is -9.13. The van der Waals surface area contributed by atoms with Crippen molar-refractivity contribution < 1.29 is 34.8 Å². The summed E-state index contributed by atoms with van der Waals surface area (Å²) in [5, 5.41) is 0. The summed E-state index contributed by atoms with van der Waals surface area (Å²) in [4.78, 5) is 1.42. The summed E-state index contributed by atoms with van der Waals surface area (Å²) in [6.45, 7) is 0. The monoisotopic (exact) mass is 384 g/mol. The van der Waals surface area contributed by atoms with E-state index >= 15 is 0 Å². The maximum atomic E-state index is 12.4. The third-order valence-electron chi connectivity index (χ3n) is 3.03. The van der Waals surface area contributed by atoms with E-state index in [0.29, 0.717) is 12.1 Å². The SMILES string of the molecule is O=S(=O)(NNc1ccc(C(F)(F)F)cc1)c1ccc(C(F)(F)F)cc1. The lowest BCUT2D eigenvalue weighted by atomic mass is 10.2. The van der Waals surface area contributed by atoms with E-state index in [2.05, 4.69) is 5.43 Å². The van der Waals surface area contributed by atoms with Crippen molar-refractivity contribution in [2.75, 3.05) is 5.43 Å². The highest BCUT2D eigenvalue weighted by Gasteiger charge is 2.31. The van der Waals surface area contributed by atoms with Crippen LogP contribution in [0.5, 0.6) is 0 Å². The molecule has 2 rings (SSSR count). The summed E-state index contributed by atoms with van der Waals surface area (Å²) >= 11 is 0. The molecular formula is C14H10F6N2O2S. The zero-order chi connectivity index (χ0) is 18.9. The van der Waals surface area contributed by atoms with Gasteiger partial charge in [-0.2, -0.15) is 26.3 Å². The first-order valence-electron chi connectivity index (χ1n) is 6.52. The van der Waals surface area contributed by atoms with Crippen LogP contribution < -0.4 is 10.3 Å². The molecule has 0 saturated heterocycles. The van der Waals surface area contributed by atoms with E-state index in [-0.39, 0.29) is 5.69 Å². The van der Waals surface area contributed by atoms with Gasteiger partial charge in [0.2, 0.25) is 0 Å². The fraction of sp³-hybridized carbons (Fsp3) is 0.143. The van der Waals surface area contributed by atoms with Crippen molar-refractivity contribution in [1.82, 2.24) is 4.83 Å². The number of hydrogen-bond donors (Lipinski definition) is 2. The maximum absolute atomic E-state index is 12.4. The fourth-order valence-electron chi connectivity index (χ4n) is 1.75. The van der Waals surface area contributed by atoms with Crippen molar-refractivity contribution in [2.24, 2.45) is 0 Å². The van der Waals surface area contributed by atoms with Crippen molar-refractivity contribution in [3.8, 4) is 0 Å². The van der Waals surface area contributed by atoms with Gasteiger partial charge >= 0.3 is 12.4 Å². The number of halogens is 6. The standard InChI is InChI=1S/C14H10F6N2O2S/c15-13(16,17)9-1-5-11(6-2-9)21-22-25(23,24)12-7-3-10(4-8-12)14(18,19)20/h1-8,21-22H. The van der Waals surface area contributed by atoms with Gasteiger partial charge in [0.1, 0.15) is 0 Å². The van der Waals surface area contributed by atoms with Crippen LogP contribution in [0.15, 0.2) is 53.4 Å². The van der Waals surface area contributed by atoms with E-state index in [4.69, 9.17) is 0 Å². The summed E-state index contributed by atoms with van der Waals surface area (Å²) in [5.41, 5.74) is 0.271. The van der Waals surface area contributed by atoms with Crippen LogP contribution in [0.2, 0.25) is 0 Å². The van der Waals surface area contributed by atoms with Gasteiger partial charge in [0.05, 0.1) is 16.0 Å². The Hall–Kier alpha value is -2.27. The molecule has 11 heteroatoms. The quantitative estimate of drug-likeness (QED) is 0.618. The van der Waals surface area contributed by atoms with Gasteiger partial charge in [-0.15, -0.1) is 4.83 Å². The average molecular weight is 384 g/mol. The summed E-state index contributed by atoms with van der Waals surface area (Å²) < 4.78 is 98.5. The van der Waals surface area contributed by atoms with Crippen LogP contribution in [-0.4, -0.2) is 8.42 Å². The van der Waals surface area contributed by atoms with E-state index in [9.17, 15) is 34.8 Å². The van der Waals surface area contributed by atoms with Crippen LogP contribution in [0, 0.1) is 0 Å². The molecule has 0 aliphatic heterocycles. The lowest BCUT2D eigenvalue weighted by molar-refractivity contribution is -0.138. The minimum absolute atomic E-state index is 0.0171. The highest BCUT2D eigenvalue weighted by molar-refractivity contribution is 7.89. The van der Waals surface area contributed by atoms with Crippen molar-refractivity contribution in [2.45, 2.75) is 17.2 Å². The molecule has 136 valence electrons. The maximum Gasteiger partial charge on any atom is 0.416 e. The largest absolute Gasteiger partial charge is 0.416 e. The van der Waals surface area contributed by atoms with E-state index in [1.54, 1.807) is 0 Å². The zero-order valence-corrected chi connectivity index (χ0v) is 12.9. The van der Waals surface area contributed by atoms with E-state index < -0.39 is 38.4 Å². The molecule has 0 aliphatic carbocycles. The van der Waals surface area contributed by atoms with Gasteiger partial charge < -0.3 is 5.43 Å². The molecule has 0 aromatic heterocycles. The molecule has 0 bridgehead atoms. The Morgan fingerprint density at radius 3 is 1.48 bits per heavy atom. The molecule has 2 aromatic rings. The Morgan fingerprint density at radius 1 is 0.680 bits per heavy atom. The molecule has 25 heavy (non-hydrogen) atoms. The van der Waals surface area contributed by atoms with Crippen molar-refractivity contribution >= 4 is 15.7 Å². The molecule has 4 nitrogen and oxygen atoms in total. The van der Waals surface area contributed by atoms with Gasteiger partial charge in [-0.3, -0.25) is 0 Å². The van der Waals surface area contributed by atoms with Crippen LogP contribution in [-0.2, 0) is 22.4 Å². The Balaban J connectivity index is 2.09. The van der Waals surface area contributed by atoms with Gasteiger partial charge in [-0.1, -0.05) is 0 Å². The second-order valence-corrected chi connectivity index (χ2v) is 6.51. The second kappa shape index (κ2) is 6.56. The van der Waals surface area contributed by atoms with Crippen molar-refractivity contribution in [1.29, 1.82) is 0 Å². The van der Waals surface area contributed by atoms with Gasteiger partial charge in [0.15, 0.2) is 0 Å². The third kappa shape index (κ3) is 4.86. The molecule has 0 aliphatic rings. The van der Waals surface area contributed by atoms with Gasteiger partial charge in [0.25, 0.3) is 10.0 Å². The van der Waals surface area contributed by atoms with Crippen molar-refractivity contribution in [3.05, 3.63) is 59.7 Å². The molecule has 2 N–H and O–H groups in total. The van der Waals surface area contributed by atoms with Gasteiger partial charge in [-0.05, 0) is 48.5 Å². The minimum atomic E-state index is -4.60. The van der Waals surface area contributed by atoms with Crippen LogP contribution >= 0.6 is 0 Å². The predicted molar refractivity (Wildman–Crippen MR) is 76.8 cm³/mol. The predicted octanol–water partition coefficient (Wildman–Crippen LogP) is 4.03. The van der Waals surface area contributed by atoms with Crippen LogP contribution in [0.4, 0.5) is 32.0 Å². The molecule has 0 unspecified atom stereocenters. The fourth-order valence-corrected chi connectivity index (χ4v) is 2.62. The number of hydrazine groups is 1. The topological polar surface area (TPSA) is 58.2 Å². The van der Waals surface area contributed by atoms with E-state index in [0.717, 1.165) is 36.4 Å². The smallest absolute Gasteiger partial charge is 0.308 e. The minimum Gasteiger partial charge on any atom is -0.308 e. The lowest BCUT2D eigenvalue weighted by Gasteiger charge is -2.12. The number of sulfonamides is 1. The number of anilines is 1. The van der Waals surface area contributed by atoms with Crippen LogP contribution in [0.25, 0.3) is 0 Å². The van der Waals surface area contributed by atoms with E-state index in [1.807, 2.05) is 4.83 Å². The normalized spacial score (nSPS) is 12.9. The molecule has 0 heterocycles. The highest BCUT2D eigenvalue weighted by atomic mass is 32.2.